The molecular weight excluding hydrogens is 119 g/mol. The van der Waals surface area contributed by atoms with E-state index in [2.05, 4.69) is 33.2 Å². The van der Waals surface area contributed by atoms with Crippen LogP contribution in [0.25, 0.3) is 0 Å². The van der Waals surface area contributed by atoms with Crippen LogP contribution in [0.2, 0.25) is 0 Å². The molecular formula is C5H9Ni-. The Morgan fingerprint density at radius 2 is 2.00 bits per heavy atom. The van der Waals surface area contributed by atoms with Crippen LogP contribution in [0.4, 0.5) is 0 Å². The van der Waals surface area contributed by atoms with Gasteiger partial charge in [-0.3, -0.25) is 0 Å². The topological polar surface area (TPSA) is 0 Å². The van der Waals surface area contributed by atoms with Crippen molar-refractivity contribution >= 4 is 4.65 Å². The zero-order chi connectivity index (χ0) is 5.41. The van der Waals surface area contributed by atoms with E-state index in [1.165, 1.54) is 0 Å². The van der Waals surface area contributed by atoms with Crippen molar-refractivity contribution in [1.29, 1.82) is 0 Å². The Morgan fingerprint density at radius 3 is 2.00 bits per heavy atom. The Hall–Kier alpha value is 0.144. The van der Waals surface area contributed by atoms with Crippen LogP contribution in [-0.4, -0.2) is 4.65 Å². The van der Waals surface area contributed by atoms with Gasteiger partial charge in [-0.25, -0.2) is 0 Å². The third kappa shape index (κ3) is 1990. The molecule has 0 atom stereocenters. The first kappa shape index (κ1) is 9.47. The summed E-state index contributed by atoms with van der Waals surface area (Å²) in [6.07, 6.45) is 1.00. The maximum Gasteiger partial charge on any atom is -0.0927 e. The summed E-state index contributed by atoms with van der Waals surface area (Å²) >= 11 is 3.81. The molecule has 0 rings (SSSR count). The third-order valence-electron chi connectivity index (χ3n) is 0. The van der Waals surface area contributed by atoms with Gasteiger partial charge in [0.05, 0.1) is 0 Å². The van der Waals surface area contributed by atoms with Crippen LogP contribution in [-0.2, 0) is 15.0 Å². The van der Waals surface area contributed by atoms with Gasteiger partial charge in [0.2, 0.25) is 0 Å². The Morgan fingerprint density at radius 1 is 2.00 bits per heavy atom. The molecule has 40 valence electrons. The summed E-state index contributed by atoms with van der Waals surface area (Å²) in [4.78, 5) is 0. The molecule has 0 aromatic heterocycles. The van der Waals surface area contributed by atoms with Gasteiger partial charge in [-0.15, -0.1) is 0 Å². The summed E-state index contributed by atoms with van der Waals surface area (Å²) < 4.78 is 2.12. The molecule has 1 heteroatoms. The summed E-state index contributed by atoms with van der Waals surface area (Å²) in [5.41, 5.74) is 0. The van der Waals surface area contributed by atoms with Crippen LogP contribution in [0, 0.1) is 6.92 Å². The predicted molar refractivity (Wildman–Crippen MR) is 26.3 cm³/mol. The number of hydrogen-bond acceptors (Lipinski definition) is 0. The zero-order valence-electron chi connectivity index (χ0n) is 3.94. The van der Waals surface area contributed by atoms with Crippen molar-refractivity contribution in [3.05, 3.63) is 13.5 Å². The van der Waals surface area contributed by atoms with Gasteiger partial charge in [0.25, 0.3) is 0 Å². The molecule has 6 heavy (non-hydrogen) atoms. The van der Waals surface area contributed by atoms with E-state index in [9.17, 15) is 0 Å². The fraction of sp³-hybridized carbons (Fsp3) is 0.400. The van der Waals surface area contributed by atoms with Crippen LogP contribution in [0.15, 0.2) is 6.58 Å². The van der Waals surface area contributed by atoms with E-state index >= 15 is 0 Å². The van der Waals surface area contributed by atoms with Crippen LogP contribution in [0.5, 0.6) is 0 Å². The van der Waals surface area contributed by atoms with Gasteiger partial charge in [0.1, 0.15) is 0 Å². The Balaban J connectivity index is 0. The second-order valence-corrected chi connectivity index (χ2v) is 0.961. The van der Waals surface area contributed by atoms with Gasteiger partial charge in [-0.05, 0) is 0 Å². The first-order valence-electron chi connectivity index (χ1n) is 1.72. The Labute approximate surface area is 47.2 Å². The van der Waals surface area contributed by atoms with Crippen LogP contribution >= 0.6 is 0 Å². The second kappa shape index (κ2) is 19.2. The largest absolute Gasteiger partial charge is 0.344 e. The van der Waals surface area contributed by atoms with Crippen molar-refractivity contribution in [3.63, 3.8) is 0 Å². The molecule has 0 aliphatic rings. The van der Waals surface area contributed by atoms with Crippen molar-refractivity contribution in [3.8, 4) is 0 Å². The van der Waals surface area contributed by atoms with Crippen LogP contribution in [0.3, 0.4) is 0 Å². The average molecular weight is 128 g/mol. The van der Waals surface area contributed by atoms with Gasteiger partial charge < -0.3 is 6.92 Å². The fourth-order valence-corrected chi connectivity index (χ4v) is 0. The summed E-state index contributed by atoms with van der Waals surface area (Å²) in [6.45, 7) is 8.57. The fourth-order valence-electron chi connectivity index (χ4n) is 0. The summed E-state index contributed by atoms with van der Waals surface area (Å²) in [5.74, 6) is 0. The molecule has 0 radical (unpaired) electrons. The minimum atomic E-state index is 1.00. The van der Waals surface area contributed by atoms with Crippen molar-refractivity contribution in [2.45, 2.75) is 13.3 Å². The Kier molecular flexibility index (Phi) is 30.3. The van der Waals surface area contributed by atoms with Gasteiger partial charge in [0, 0.05) is 0 Å². The summed E-state index contributed by atoms with van der Waals surface area (Å²) in [5, 5.41) is 0. The number of rotatable bonds is 0. The van der Waals surface area contributed by atoms with Gasteiger partial charge in [-0.2, -0.15) is 6.42 Å². The molecule has 0 aromatic rings. The monoisotopic (exact) mass is 127 g/mol. The summed E-state index contributed by atoms with van der Waals surface area (Å²) in [7, 11) is 0. The predicted octanol–water partition coefficient (Wildman–Crippen LogP) is 1.35. The standard InChI is InChI=1S/C3H7.C2H2.Ni/c1-3-2;1-2;/h1,3H2,2H3;1H2;/q-1;;. The molecule has 0 fully saturated rings. The minimum absolute atomic E-state index is 1.00. The van der Waals surface area contributed by atoms with Gasteiger partial charge in [-0.1, -0.05) is 6.92 Å². The van der Waals surface area contributed by atoms with E-state index in [-0.39, 0.29) is 0 Å². The molecule has 0 spiro atoms. The van der Waals surface area contributed by atoms with Crippen LogP contribution < -0.4 is 0 Å². The first-order valence-corrected chi connectivity index (χ1v) is 2.21. The molecule has 0 aliphatic carbocycles. The molecule has 0 amide bonds. The van der Waals surface area contributed by atoms with Crippen LogP contribution in [0.1, 0.15) is 13.3 Å². The van der Waals surface area contributed by atoms with Gasteiger partial charge in [0.15, 0.2) is 0 Å². The second-order valence-electron chi connectivity index (χ2n) is 0.612. The number of hydrogen-bond donors (Lipinski definition) is 0. The van der Waals surface area contributed by atoms with E-state index in [1.54, 1.807) is 0 Å². The smallest absolute Gasteiger partial charge is 0.0927 e. The van der Waals surface area contributed by atoms with E-state index < -0.39 is 0 Å². The molecule has 0 nitrogen and oxygen atoms in total. The first-order chi connectivity index (χ1) is 2.83. The van der Waals surface area contributed by atoms with E-state index in [0.717, 1.165) is 6.42 Å². The maximum absolute atomic E-state index is 3.81. The minimum Gasteiger partial charge on any atom is -0.344 e. The maximum atomic E-state index is 3.81. The molecule has 0 saturated carbocycles. The molecule has 0 aromatic carbocycles. The quantitative estimate of drug-likeness (QED) is 0.341. The zero-order valence-corrected chi connectivity index (χ0v) is 4.93. The van der Waals surface area contributed by atoms with Crippen molar-refractivity contribution in [2.75, 3.05) is 0 Å². The average Bonchev–Trinajstić information content (AvgIpc) is 1.39. The van der Waals surface area contributed by atoms with Crippen molar-refractivity contribution in [2.24, 2.45) is 0 Å². The van der Waals surface area contributed by atoms with E-state index in [1.807, 2.05) is 6.92 Å². The Bertz CT molecular complexity index is 33.2. The van der Waals surface area contributed by atoms with E-state index in [4.69, 9.17) is 0 Å². The van der Waals surface area contributed by atoms with Gasteiger partial charge >= 0.3 is 26.3 Å². The van der Waals surface area contributed by atoms with Crippen molar-refractivity contribution in [1.82, 2.24) is 0 Å². The molecule has 0 bridgehead atoms. The van der Waals surface area contributed by atoms with E-state index in [0.29, 0.717) is 0 Å². The van der Waals surface area contributed by atoms with Crippen molar-refractivity contribution < 1.29 is 15.0 Å². The molecule has 0 heterocycles. The summed E-state index contributed by atoms with van der Waals surface area (Å²) in [6, 6.07) is 0. The SMILES string of the molecule is C=[C]=[Ni].[CH2-]CC. The molecule has 0 saturated heterocycles. The molecule has 0 N–H and O–H groups in total. The molecule has 0 unspecified atom stereocenters. The molecule has 0 aliphatic heterocycles. The normalized spacial score (nSPS) is 4.67. The third-order valence-corrected chi connectivity index (χ3v) is 0.